The molecule has 0 unspecified atom stereocenters. The summed E-state index contributed by atoms with van der Waals surface area (Å²) < 4.78 is 2.23. The van der Waals surface area contributed by atoms with Crippen LogP contribution >= 0.6 is 0 Å². The molecule has 0 saturated carbocycles. The summed E-state index contributed by atoms with van der Waals surface area (Å²) in [6, 6.07) is 9.80. The number of carbonyl (C=O) groups excluding carboxylic acids is 1. The normalized spacial score (nSPS) is 18.9. The van der Waals surface area contributed by atoms with Gasteiger partial charge in [0.15, 0.2) is 0 Å². The van der Waals surface area contributed by atoms with Crippen molar-refractivity contribution in [2.24, 2.45) is 0 Å². The van der Waals surface area contributed by atoms with Gasteiger partial charge in [-0.25, -0.2) is 4.79 Å². The molecule has 1 radical (unpaired) electrons. The zero-order chi connectivity index (χ0) is 14.2. The first-order valence-electron chi connectivity index (χ1n) is 7.85. The predicted octanol–water partition coefficient (Wildman–Crippen LogP) is 2.86. The van der Waals surface area contributed by atoms with E-state index in [9.17, 15) is 4.79 Å². The Morgan fingerprint density at radius 3 is 2.71 bits per heavy atom. The van der Waals surface area contributed by atoms with Crippen LogP contribution in [0.5, 0.6) is 0 Å². The smallest absolute Gasteiger partial charge is 0.320 e. The Balaban J connectivity index is 1.62. The van der Waals surface area contributed by atoms with Gasteiger partial charge in [0.05, 0.1) is 5.52 Å². The van der Waals surface area contributed by atoms with Crippen molar-refractivity contribution in [1.29, 1.82) is 0 Å². The fourth-order valence-electron chi connectivity index (χ4n) is 3.52. The first-order chi connectivity index (χ1) is 10.3. The van der Waals surface area contributed by atoms with Crippen LogP contribution in [-0.2, 0) is 13.1 Å². The quantitative estimate of drug-likeness (QED) is 0.730. The summed E-state index contributed by atoms with van der Waals surface area (Å²) in [5.74, 6) is 0. The van der Waals surface area contributed by atoms with E-state index < -0.39 is 0 Å². The maximum atomic E-state index is 12.7. The third kappa shape index (κ3) is 2.19. The highest BCUT2D eigenvalue weighted by Crippen LogP contribution is 2.24. The second kappa shape index (κ2) is 5.10. The van der Waals surface area contributed by atoms with Gasteiger partial charge in [0.1, 0.15) is 0 Å². The standard InChI is InChI=1S/C17H20N3O/c21-17(19-8-2-1-3-9-19)20-12-11-18-10-7-14-5-4-6-15(13-20)16(14)18/h4-6,10H,1-3,8-9,11-13H2. The molecule has 1 aromatic heterocycles. The number of urea groups is 1. The van der Waals surface area contributed by atoms with Crippen LogP contribution in [0.4, 0.5) is 4.79 Å². The van der Waals surface area contributed by atoms with Crippen LogP contribution in [-0.4, -0.2) is 40.0 Å². The summed E-state index contributed by atoms with van der Waals surface area (Å²) in [7, 11) is 0. The number of likely N-dealkylation sites (tertiary alicyclic amines) is 1. The Kier molecular flexibility index (Phi) is 3.09. The highest BCUT2D eigenvalue weighted by molar-refractivity contribution is 5.84. The van der Waals surface area contributed by atoms with E-state index >= 15 is 0 Å². The van der Waals surface area contributed by atoms with Crippen LogP contribution in [0.1, 0.15) is 24.8 Å². The number of hydrogen-bond acceptors (Lipinski definition) is 1. The maximum absolute atomic E-state index is 12.7. The Bertz CT molecular complexity index is 670. The fraction of sp³-hybridized carbons (Fsp3) is 0.471. The number of piperidine rings is 1. The number of rotatable bonds is 0. The van der Waals surface area contributed by atoms with E-state index in [1.165, 1.54) is 17.5 Å². The minimum atomic E-state index is 0.210. The first kappa shape index (κ1) is 12.7. The molecule has 2 aliphatic heterocycles. The molecule has 2 amide bonds. The van der Waals surface area contributed by atoms with E-state index in [-0.39, 0.29) is 6.03 Å². The summed E-state index contributed by atoms with van der Waals surface area (Å²) in [6.45, 7) is 4.18. The molecule has 109 valence electrons. The second-order valence-electron chi connectivity index (χ2n) is 6.03. The third-order valence-corrected chi connectivity index (χ3v) is 4.65. The van der Waals surface area contributed by atoms with Crippen molar-refractivity contribution in [2.45, 2.75) is 32.4 Å². The van der Waals surface area contributed by atoms with Crippen molar-refractivity contribution in [1.82, 2.24) is 14.4 Å². The van der Waals surface area contributed by atoms with E-state index in [0.29, 0.717) is 6.54 Å². The highest BCUT2D eigenvalue weighted by Gasteiger charge is 2.25. The monoisotopic (exact) mass is 282 g/mol. The van der Waals surface area contributed by atoms with Crippen LogP contribution in [0.25, 0.3) is 10.9 Å². The van der Waals surface area contributed by atoms with Crippen molar-refractivity contribution >= 4 is 16.9 Å². The van der Waals surface area contributed by atoms with Crippen LogP contribution in [0.3, 0.4) is 0 Å². The van der Waals surface area contributed by atoms with Gasteiger partial charge >= 0.3 is 6.03 Å². The Morgan fingerprint density at radius 2 is 1.86 bits per heavy atom. The molecule has 1 fully saturated rings. The van der Waals surface area contributed by atoms with E-state index in [1.54, 1.807) is 0 Å². The zero-order valence-electron chi connectivity index (χ0n) is 12.2. The molecule has 2 aliphatic rings. The summed E-state index contributed by atoms with van der Waals surface area (Å²) in [5.41, 5.74) is 2.48. The lowest BCUT2D eigenvalue weighted by Crippen LogP contribution is -2.45. The summed E-state index contributed by atoms with van der Waals surface area (Å²) in [5, 5.41) is 1.15. The van der Waals surface area contributed by atoms with Crippen molar-refractivity contribution < 1.29 is 4.79 Å². The van der Waals surface area contributed by atoms with Gasteiger partial charge in [0, 0.05) is 50.4 Å². The molecular formula is C17H20N3O. The molecule has 3 heterocycles. The third-order valence-electron chi connectivity index (χ3n) is 4.65. The molecule has 4 nitrogen and oxygen atoms in total. The predicted molar refractivity (Wildman–Crippen MR) is 82.0 cm³/mol. The van der Waals surface area contributed by atoms with E-state index in [2.05, 4.69) is 28.8 Å². The minimum Gasteiger partial charge on any atom is -0.345 e. The second-order valence-corrected chi connectivity index (χ2v) is 6.03. The first-order valence-corrected chi connectivity index (χ1v) is 7.85. The molecule has 0 N–H and O–H groups in total. The number of nitrogens with zero attached hydrogens (tertiary/aromatic N) is 3. The van der Waals surface area contributed by atoms with Crippen LogP contribution in [0.2, 0.25) is 0 Å². The molecular weight excluding hydrogens is 262 g/mol. The summed E-state index contributed by atoms with van der Waals surface area (Å²) in [4.78, 5) is 16.8. The number of carbonyl (C=O) groups is 1. The molecule has 0 aliphatic carbocycles. The van der Waals surface area contributed by atoms with Crippen molar-refractivity contribution in [3.05, 3.63) is 36.0 Å². The summed E-state index contributed by atoms with van der Waals surface area (Å²) in [6.07, 6.45) is 5.56. The number of amides is 2. The van der Waals surface area contributed by atoms with Gasteiger partial charge < -0.3 is 14.4 Å². The lowest BCUT2D eigenvalue weighted by atomic mass is 10.1. The fourth-order valence-corrected chi connectivity index (χ4v) is 3.52. The average Bonchev–Trinajstić information content (AvgIpc) is 2.85. The van der Waals surface area contributed by atoms with Crippen LogP contribution < -0.4 is 0 Å². The van der Waals surface area contributed by atoms with Gasteiger partial charge in [0.2, 0.25) is 0 Å². The van der Waals surface area contributed by atoms with Gasteiger partial charge in [-0.2, -0.15) is 0 Å². The number of hydrogen-bond donors (Lipinski definition) is 0. The van der Waals surface area contributed by atoms with Gasteiger partial charge in [-0.15, -0.1) is 0 Å². The average molecular weight is 282 g/mol. The van der Waals surface area contributed by atoms with Crippen molar-refractivity contribution in [3.8, 4) is 0 Å². The Labute approximate surface area is 124 Å². The van der Waals surface area contributed by atoms with E-state index in [1.807, 2.05) is 16.0 Å². The molecule has 0 bridgehead atoms. The topological polar surface area (TPSA) is 28.5 Å². The molecule has 1 saturated heterocycles. The molecule has 4 heteroatoms. The molecule has 21 heavy (non-hydrogen) atoms. The lowest BCUT2D eigenvalue weighted by Gasteiger charge is -2.32. The molecule has 0 spiro atoms. The van der Waals surface area contributed by atoms with Crippen LogP contribution in [0, 0.1) is 6.07 Å². The SMILES string of the molecule is O=C(N1CCCCC1)N1CCn2c[c]c3cccc(c32)C1. The summed E-state index contributed by atoms with van der Waals surface area (Å²) >= 11 is 0. The van der Waals surface area contributed by atoms with E-state index in [0.717, 1.165) is 44.4 Å². The zero-order valence-corrected chi connectivity index (χ0v) is 12.2. The number of benzene rings is 1. The Hall–Kier alpha value is -1.97. The molecule has 2 aromatic rings. The van der Waals surface area contributed by atoms with Gasteiger partial charge in [-0.1, -0.05) is 18.2 Å². The lowest BCUT2D eigenvalue weighted by molar-refractivity contribution is 0.140. The largest absolute Gasteiger partial charge is 0.345 e. The number of aromatic nitrogens is 1. The van der Waals surface area contributed by atoms with Crippen molar-refractivity contribution in [2.75, 3.05) is 19.6 Å². The minimum absolute atomic E-state index is 0.210. The van der Waals surface area contributed by atoms with Gasteiger partial charge in [-0.3, -0.25) is 0 Å². The molecule has 4 rings (SSSR count). The maximum Gasteiger partial charge on any atom is 0.320 e. The van der Waals surface area contributed by atoms with Crippen LogP contribution in [0.15, 0.2) is 24.4 Å². The van der Waals surface area contributed by atoms with Gasteiger partial charge in [0.25, 0.3) is 0 Å². The highest BCUT2D eigenvalue weighted by atomic mass is 16.2. The van der Waals surface area contributed by atoms with Gasteiger partial charge in [-0.05, 0) is 24.8 Å². The molecule has 0 atom stereocenters. The Morgan fingerprint density at radius 1 is 1.00 bits per heavy atom. The van der Waals surface area contributed by atoms with E-state index in [4.69, 9.17) is 0 Å². The number of para-hydroxylation sites is 1. The molecule has 1 aromatic carbocycles. The van der Waals surface area contributed by atoms with Crippen molar-refractivity contribution in [3.63, 3.8) is 0 Å².